The molecule has 0 radical (unpaired) electrons. The Morgan fingerprint density at radius 2 is 1.81 bits per heavy atom. The van der Waals surface area contributed by atoms with Crippen LogP contribution in [0.2, 0.25) is 0 Å². The third kappa shape index (κ3) is 3.48. The Labute approximate surface area is 158 Å². The number of hydrogen-bond donors (Lipinski definition) is 0. The van der Waals surface area contributed by atoms with Gasteiger partial charge in [-0.3, -0.25) is 20.0 Å². The zero-order valence-electron chi connectivity index (χ0n) is 15.3. The molecule has 138 valence electrons. The molecule has 0 spiro atoms. The Balaban J connectivity index is 1.54. The highest BCUT2D eigenvalue weighted by molar-refractivity contribution is 5.94. The van der Waals surface area contributed by atoms with Crippen LogP contribution in [0.3, 0.4) is 0 Å². The lowest BCUT2D eigenvalue weighted by Crippen LogP contribution is -2.46. The summed E-state index contributed by atoms with van der Waals surface area (Å²) in [4.78, 5) is 20.3. The smallest absolute Gasteiger partial charge is 0.301 e. The normalized spacial score (nSPS) is 15.2. The van der Waals surface area contributed by atoms with E-state index in [4.69, 9.17) is 0 Å². The van der Waals surface area contributed by atoms with Gasteiger partial charge in [-0.05, 0) is 42.3 Å². The number of nitro groups is 1. The maximum atomic E-state index is 11.8. The summed E-state index contributed by atoms with van der Waals surface area (Å²) in [6, 6.07) is 15.7. The van der Waals surface area contributed by atoms with Crippen LogP contribution < -0.4 is 4.90 Å². The molecule has 4 rings (SSSR count). The quantitative estimate of drug-likeness (QED) is 0.522. The summed E-state index contributed by atoms with van der Waals surface area (Å²) < 4.78 is 0. The number of aromatic nitrogens is 1. The molecule has 0 aliphatic carbocycles. The Bertz CT molecular complexity index is 981. The summed E-state index contributed by atoms with van der Waals surface area (Å²) in [7, 11) is 0. The van der Waals surface area contributed by atoms with Crippen LogP contribution in [-0.2, 0) is 6.54 Å². The molecule has 6 heteroatoms. The molecule has 6 nitrogen and oxygen atoms in total. The maximum Gasteiger partial charge on any atom is 0.301 e. The van der Waals surface area contributed by atoms with E-state index in [1.54, 1.807) is 18.3 Å². The third-order valence-electron chi connectivity index (χ3n) is 5.29. The first-order chi connectivity index (χ1) is 13.1. The Hall–Kier alpha value is -2.99. The number of rotatable bonds is 4. The van der Waals surface area contributed by atoms with E-state index in [-0.39, 0.29) is 10.6 Å². The van der Waals surface area contributed by atoms with E-state index in [9.17, 15) is 10.1 Å². The molecule has 0 saturated carbocycles. The van der Waals surface area contributed by atoms with Gasteiger partial charge in [0, 0.05) is 38.9 Å². The summed E-state index contributed by atoms with van der Waals surface area (Å²) >= 11 is 0. The molecule has 0 N–H and O–H groups in total. The zero-order chi connectivity index (χ0) is 18.8. The molecular weight excluding hydrogens is 340 g/mol. The molecular formula is C21H22N4O2. The van der Waals surface area contributed by atoms with Crippen LogP contribution in [0.5, 0.6) is 0 Å². The maximum absolute atomic E-state index is 11.8. The van der Waals surface area contributed by atoms with Crippen molar-refractivity contribution in [3.63, 3.8) is 0 Å². The van der Waals surface area contributed by atoms with Crippen molar-refractivity contribution in [1.29, 1.82) is 0 Å². The molecule has 1 aliphatic rings. The lowest BCUT2D eigenvalue weighted by molar-refractivity contribution is -0.382. The number of fused-ring (bicyclic) bond motifs is 1. The monoisotopic (exact) mass is 362 g/mol. The first kappa shape index (κ1) is 17.4. The Kier molecular flexibility index (Phi) is 4.73. The van der Waals surface area contributed by atoms with Gasteiger partial charge in [-0.25, -0.2) is 0 Å². The van der Waals surface area contributed by atoms with E-state index in [0.717, 1.165) is 32.7 Å². The van der Waals surface area contributed by atoms with Crippen molar-refractivity contribution >= 4 is 22.3 Å². The second-order valence-corrected chi connectivity index (χ2v) is 6.95. The van der Waals surface area contributed by atoms with Crippen LogP contribution in [0.15, 0.2) is 54.7 Å². The van der Waals surface area contributed by atoms with Crippen molar-refractivity contribution in [3.05, 3.63) is 76.0 Å². The van der Waals surface area contributed by atoms with Crippen molar-refractivity contribution < 1.29 is 4.92 Å². The average molecular weight is 362 g/mol. The number of nitrogens with zero attached hydrogens (tertiary/aromatic N) is 4. The number of nitro benzene ring substituents is 1. The highest BCUT2D eigenvalue weighted by Crippen LogP contribution is 2.35. The highest BCUT2D eigenvalue weighted by Gasteiger charge is 2.26. The van der Waals surface area contributed by atoms with Crippen LogP contribution in [-0.4, -0.2) is 41.0 Å². The molecule has 0 atom stereocenters. The van der Waals surface area contributed by atoms with Gasteiger partial charge in [-0.2, -0.15) is 0 Å². The molecule has 2 aromatic carbocycles. The van der Waals surface area contributed by atoms with Crippen LogP contribution in [0.1, 0.15) is 11.1 Å². The van der Waals surface area contributed by atoms with Crippen molar-refractivity contribution in [3.8, 4) is 0 Å². The van der Waals surface area contributed by atoms with Gasteiger partial charge in [-0.1, -0.05) is 24.3 Å². The van der Waals surface area contributed by atoms with Crippen molar-refractivity contribution in [2.24, 2.45) is 0 Å². The van der Waals surface area contributed by atoms with E-state index >= 15 is 0 Å². The van der Waals surface area contributed by atoms with Gasteiger partial charge in [-0.15, -0.1) is 0 Å². The predicted molar refractivity (Wildman–Crippen MR) is 107 cm³/mol. The topological polar surface area (TPSA) is 62.5 Å². The largest absolute Gasteiger partial charge is 0.363 e. The molecule has 3 aromatic rings. The second-order valence-electron chi connectivity index (χ2n) is 6.95. The number of pyridine rings is 1. The minimum atomic E-state index is -0.279. The van der Waals surface area contributed by atoms with Crippen molar-refractivity contribution in [2.45, 2.75) is 13.5 Å². The van der Waals surface area contributed by atoms with Gasteiger partial charge in [0.1, 0.15) is 5.69 Å². The molecule has 0 amide bonds. The van der Waals surface area contributed by atoms with Crippen LogP contribution >= 0.6 is 0 Å². The van der Waals surface area contributed by atoms with Gasteiger partial charge in [0.25, 0.3) is 0 Å². The predicted octanol–water partition coefficient (Wildman–Crippen LogP) is 3.77. The number of hydrogen-bond acceptors (Lipinski definition) is 5. The van der Waals surface area contributed by atoms with E-state index < -0.39 is 0 Å². The van der Waals surface area contributed by atoms with E-state index in [2.05, 4.69) is 46.0 Å². The minimum Gasteiger partial charge on any atom is -0.363 e. The van der Waals surface area contributed by atoms with Gasteiger partial charge < -0.3 is 4.90 Å². The SMILES string of the molecule is Cc1ccccc1CN1CCN(c2ccc3ncccc3c2[N+](=O)[O-])CC1. The second kappa shape index (κ2) is 7.32. The van der Waals surface area contributed by atoms with Crippen molar-refractivity contribution in [2.75, 3.05) is 31.1 Å². The van der Waals surface area contributed by atoms with Crippen LogP contribution in [0, 0.1) is 17.0 Å². The molecule has 1 aromatic heterocycles. The van der Waals surface area contributed by atoms with Gasteiger partial charge in [0.15, 0.2) is 0 Å². The lowest BCUT2D eigenvalue weighted by atomic mass is 10.1. The number of aryl methyl sites for hydroxylation is 1. The molecule has 1 aliphatic heterocycles. The molecule has 1 fully saturated rings. The first-order valence-electron chi connectivity index (χ1n) is 9.17. The van der Waals surface area contributed by atoms with E-state index in [1.807, 2.05) is 12.1 Å². The summed E-state index contributed by atoms with van der Waals surface area (Å²) in [5.74, 6) is 0. The highest BCUT2D eigenvalue weighted by atomic mass is 16.6. The van der Waals surface area contributed by atoms with Crippen LogP contribution in [0.4, 0.5) is 11.4 Å². The van der Waals surface area contributed by atoms with E-state index in [1.165, 1.54) is 11.1 Å². The summed E-state index contributed by atoms with van der Waals surface area (Å²) in [5, 5.41) is 12.4. The Morgan fingerprint density at radius 3 is 2.56 bits per heavy atom. The van der Waals surface area contributed by atoms with E-state index in [0.29, 0.717) is 16.6 Å². The summed E-state index contributed by atoms with van der Waals surface area (Å²) in [6.07, 6.45) is 1.66. The molecule has 1 saturated heterocycles. The number of anilines is 1. The van der Waals surface area contributed by atoms with Gasteiger partial charge in [0.2, 0.25) is 0 Å². The first-order valence-corrected chi connectivity index (χ1v) is 9.17. The lowest BCUT2D eigenvalue weighted by Gasteiger charge is -2.36. The van der Waals surface area contributed by atoms with Gasteiger partial charge >= 0.3 is 5.69 Å². The van der Waals surface area contributed by atoms with Crippen molar-refractivity contribution in [1.82, 2.24) is 9.88 Å². The number of piperazine rings is 1. The molecule has 27 heavy (non-hydrogen) atoms. The Morgan fingerprint density at radius 1 is 1.04 bits per heavy atom. The average Bonchev–Trinajstić information content (AvgIpc) is 2.69. The fourth-order valence-corrected chi connectivity index (χ4v) is 3.75. The fraction of sp³-hybridized carbons (Fsp3) is 0.286. The van der Waals surface area contributed by atoms with Crippen LogP contribution in [0.25, 0.3) is 10.9 Å². The molecule has 2 heterocycles. The molecule has 0 bridgehead atoms. The third-order valence-corrected chi connectivity index (χ3v) is 5.29. The zero-order valence-corrected chi connectivity index (χ0v) is 15.3. The fourth-order valence-electron chi connectivity index (χ4n) is 3.75. The standard InChI is InChI=1S/C21H22N4O2/c1-16-5-2-3-6-17(16)15-23-11-13-24(14-12-23)20-9-8-19-18(7-4-10-22-19)21(20)25(26)27/h2-10H,11-15H2,1H3. The minimum absolute atomic E-state index is 0.160. The summed E-state index contributed by atoms with van der Waals surface area (Å²) in [6.45, 7) is 6.38. The summed E-state index contributed by atoms with van der Waals surface area (Å²) in [5.41, 5.74) is 4.15. The number of benzene rings is 2. The van der Waals surface area contributed by atoms with Gasteiger partial charge in [0.05, 0.1) is 15.8 Å². The molecule has 0 unspecified atom stereocenters.